The van der Waals surface area contributed by atoms with Crippen molar-refractivity contribution in [3.63, 3.8) is 0 Å². The van der Waals surface area contributed by atoms with Crippen LogP contribution < -0.4 is 5.32 Å². The van der Waals surface area contributed by atoms with Crippen molar-refractivity contribution in [1.29, 1.82) is 0 Å². The van der Waals surface area contributed by atoms with Crippen molar-refractivity contribution >= 4 is 21.6 Å². The van der Waals surface area contributed by atoms with E-state index in [0.717, 1.165) is 32.7 Å². The number of phenols is 1. The van der Waals surface area contributed by atoms with E-state index in [4.69, 9.17) is 0 Å². The molecule has 0 unspecified atom stereocenters. The van der Waals surface area contributed by atoms with Crippen molar-refractivity contribution in [3.8, 4) is 17.0 Å². The molecule has 5 heteroatoms. The third kappa shape index (κ3) is 2.01. The van der Waals surface area contributed by atoms with E-state index in [9.17, 15) is 5.11 Å². The number of aryl methyl sites for hydroxylation is 1. The number of aromatic hydroxyl groups is 1. The number of hydrogen-bond acceptors (Lipinski definition) is 3. The van der Waals surface area contributed by atoms with Crippen molar-refractivity contribution in [1.82, 2.24) is 9.78 Å². The molecule has 1 aliphatic rings. The van der Waals surface area contributed by atoms with Crippen molar-refractivity contribution in [3.05, 3.63) is 64.3 Å². The third-order valence-corrected chi connectivity index (χ3v) is 4.38. The molecule has 0 saturated heterocycles. The van der Waals surface area contributed by atoms with Gasteiger partial charge in [0.1, 0.15) is 5.75 Å². The number of halogens is 1. The molecule has 0 bridgehead atoms. The smallest absolute Gasteiger partial charge is 0.150 e. The quantitative estimate of drug-likeness (QED) is 0.684. The maximum atomic E-state index is 10.3. The second-order valence-electron chi connectivity index (χ2n) is 5.41. The molecule has 0 spiro atoms. The Labute approximate surface area is 136 Å². The SMILES string of the molecule is Cc1cc2n(n1)[C@@H](c1cc(Br)ccc1O)Nc1ccccc1-2. The summed E-state index contributed by atoms with van der Waals surface area (Å²) in [6.45, 7) is 1.98. The van der Waals surface area contributed by atoms with Gasteiger partial charge in [-0.2, -0.15) is 5.10 Å². The van der Waals surface area contributed by atoms with Crippen LogP contribution in [0.3, 0.4) is 0 Å². The standard InChI is InChI=1S/C17H14BrN3O/c1-10-8-15-12-4-2-3-5-14(12)19-17(21(15)20-10)13-9-11(18)6-7-16(13)22/h2-9,17,19,22H,1H3/t17-/m0/s1. The molecule has 0 fully saturated rings. The Morgan fingerprint density at radius 2 is 2.00 bits per heavy atom. The van der Waals surface area contributed by atoms with Gasteiger partial charge in [-0.3, -0.25) is 0 Å². The average molecular weight is 356 g/mol. The van der Waals surface area contributed by atoms with Crippen LogP contribution >= 0.6 is 15.9 Å². The van der Waals surface area contributed by atoms with E-state index in [1.54, 1.807) is 6.07 Å². The van der Waals surface area contributed by atoms with Crippen LogP contribution in [0.5, 0.6) is 5.75 Å². The molecule has 1 aliphatic heterocycles. The normalized spacial score (nSPS) is 15.8. The van der Waals surface area contributed by atoms with Gasteiger partial charge in [0.25, 0.3) is 0 Å². The lowest BCUT2D eigenvalue weighted by molar-refractivity contribution is 0.452. The van der Waals surface area contributed by atoms with Crippen LogP contribution in [-0.4, -0.2) is 14.9 Å². The zero-order valence-electron chi connectivity index (χ0n) is 11.9. The maximum absolute atomic E-state index is 10.3. The summed E-state index contributed by atoms with van der Waals surface area (Å²) in [6.07, 6.45) is -0.240. The van der Waals surface area contributed by atoms with Crippen LogP contribution in [0, 0.1) is 6.92 Å². The fraction of sp³-hybridized carbons (Fsp3) is 0.118. The topological polar surface area (TPSA) is 50.1 Å². The number of nitrogens with one attached hydrogen (secondary N) is 1. The first-order valence-electron chi connectivity index (χ1n) is 7.04. The summed E-state index contributed by atoms with van der Waals surface area (Å²) in [4.78, 5) is 0. The number of phenolic OH excluding ortho intramolecular Hbond substituents is 1. The summed E-state index contributed by atoms with van der Waals surface area (Å²) >= 11 is 3.47. The molecule has 3 aromatic rings. The molecule has 4 rings (SSSR count). The Morgan fingerprint density at radius 3 is 2.86 bits per heavy atom. The minimum Gasteiger partial charge on any atom is -0.508 e. The van der Waals surface area contributed by atoms with Crippen LogP contribution in [-0.2, 0) is 0 Å². The lowest BCUT2D eigenvalue weighted by Crippen LogP contribution is -2.25. The van der Waals surface area contributed by atoms with Crippen molar-refractivity contribution in [2.24, 2.45) is 0 Å². The van der Waals surface area contributed by atoms with Crippen LogP contribution in [0.15, 0.2) is 53.0 Å². The zero-order valence-corrected chi connectivity index (χ0v) is 13.5. The highest BCUT2D eigenvalue weighted by molar-refractivity contribution is 9.10. The molecule has 2 aromatic carbocycles. The number of aromatic nitrogens is 2. The molecule has 1 atom stereocenters. The van der Waals surface area contributed by atoms with Gasteiger partial charge < -0.3 is 10.4 Å². The number of fused-ring (bicyclic) bond motifs is 3. The predicted octanol–water partition coefficient (Wildman–Crippen LogP) is 4.30. The van der Waals surface area contributed by atoms with Crippen molar-refractivity contribution in [2.75, 3.05) is 5.32 Å². The highest BCUT2D eigenvalue weighted by Gasteiger charge is 2.27. The van der Waals surface area contributed by atoms with Crippen LogP contribution in [0.2, 0.25) is 0 Å². The molecule has 22 heavy (non-hydrogen) atoms. The first-order chi connectivity index (χ1) is 10.6. The van der Waals surface area contributed by atoms with Crippen LogP contribution in [0.4, 0.5) is 5.69 Å². The molecule has 2 N–H and O–H groups in total. The summed E-state index contributed by atoms with van der Waals surface area (Å²) in [6, 6.07) is 15.6. The molecule has 4 nitrogen and oxygen atoms in total. The van der Waals surface area contributed by atoms with E-state index in [1.807, 2.05) is 41.9 Å². The number of benzene rings is 2. The summed E-state index contributed by atoms with van der Waals surface area (Å²) in [7, 11) is 0. The van der Waals surface area contributed by atoms with Crippen molar-refractivity contribution < 1.29 is 5.11 Å². The molecule has 0 amide bonds. The summed E-state index contributed by atoms with van der Waals surface area (Å²) in [5, 5.41) is 18.3. The van der Waals surface area contributed by atoms with Crippen LogP contribution in [0.1, 0.15) is 17.4 Å². The molecule has 0 saturated carbocycles. The van der Waals surface area contributed by atoms with Gasteiger partial charge in [-0.05, 0) is 37.3 Å². The molecule has 1 aromatic heterocycles. The molecule has 2 heterocycles. The van der Waals surface area contributed by atoms with E-state index in [0.29, 0.717) is 0 Å². The molecule has 110 valence electrons. The van der Waals surface area contributed by atoms with Gasteiger partial charge in [0.2, 0.25) is 0 Å². The first-order valence-corrected chi connectivity index (χ1v) is 7.83. The van der Waals surface area contributed by atoms with Gasteiger partial charge in [0.05, 0.1) is 11.4 Å². The number of nitrogens with zero attached hydrogens (tertiary/aromatic N) is 2. The first kappa shape index (κ1) is 13.4. The zero-order chi connectivity index (χ0) is 15.3. The highest BCUT2D eigenvalue weighted by Crippen LogP contribution is 2.40. The van der Waals surface area contributed by atoms with E-state index in [2.05, 4.69) is 38.5 Å². The minimum absolute atomic E-state index is 0.240. The highest BCUT2D eigenvalue weighted by atomic mass is 79.9. The Morgan fingerprint density at radius 1 is 1.18 bits per heavy atom. The van der Waals surface area contributed by atoms with Gasteiger partial charge in [0, 0.05) is 21.3 Å². The lowest BCUT2D eigenvalue weighted by atomic mass is 10.0. The van der Waals surface area contributed by atoms with Crippen LogP contribution in [0.25, 0.3) is 11.3 Å². The summed E-state index contributed by atoms with van der Waals surface area (Å²) in [5.74, 6) is 0.249. The second-order valence-corrected chi connectivity index (χ2v) is 6.33. The lowest BCUT2D eigenvalue weighted by Gasteiger charge is -2.29. The van der Waals surface area contributed by atoms with E-state index in [1.165, 1.54) is 0 Å². The number of para-hydroxylation sites is 1. The van der Waals surface area contributed by atoms with Gasteiger partial charge in [-0.1, -0.05) is 34.1 Å². The van der Waals surface area contributed by atoms with Gasteiger partial charge in [-0.15, -0.1) is 0 Å². The molecular weight excluding hydrogens is 342 g/mol. The molecule has 0 aliphatic carbocycles. The number of anilines is 1. The van der Waals surface area contributed by atoms with E-state index < -0.39 is 0 Å². The fourth-order valence-electron chi connectivity index (χ4n) is 2.91. The Bertz CT molecular complexity index is 872. The van der Waals surface area contributed by atoms with Gasteiger partial charge in [0.15, 0.2) is 6.17 Å². The fourth-order valence-corrected chi connectivity index (χ4v) is 3.29. The average Bonchev–Trinajstić information content (AvgIpc) is 2.91. The third-order valence-electron chi connectivity index (χ3n) is 3.88. The van der Waals surface area contributed by atoms with Gasteiger partial charge in [-0.25, -0.2) is 4.68 Å². The van der Waals surface area contributed by atoms with Crippen molar-refractivity contribution in [2.45, 2.75) is 13.1 Å². The summed E-state index contributed by atoms with van der Waals surface area (Å²) in [5.41, 5.74) is 4.95. The number of hydrogen-bond donors (Lipinski definition) is 2. The Hall–Kier alpha value is -2.27. The second kappa shape index (κ2) is 4.88. The van der Waals surface area contributed by atoms with Gasteiger partial charge >= 0.3 is 0 Å². The predicted molar refractivity (Wildman–Crippen MR) is 90.0 cm³/mol. The van der Waals surface area contributed by atoms with E-state index in [-0.39, 0.29) is 11.9 Å². The molecule has 0 radical (unpaired) electrons. The molecular formula is C17H14BrN3O. The Kier molecular flexibility index (Phi) is 2.97. The Balaban J connectivity index is 1.94. The number of rotatable bonds is 1. The maximum Gasteiger partial charge on any atom is 0.150 e. The monoisotopic (exact) mass is 355 g/mol. The minimum atomic E-state index is -0.240. The van der Waals surface area contributed by atoms with E-state index >= 15 is 0 Å². The summed E-state index contributed by atoms with van der Waals surface area (Å²) < 4.78 is 2.85. The largest absolute Gasteiger partial charge is 0.508 e.